The van der Waals surface area contributed by atoms with Crippen LogP contribution in [0.3, 0.4) is 0 Å². The largest absolute Gasteiger partial charge is 0.476 e. The lowest BCUT2D eigenvalue weighted by Crippen LogP contribution is -2.16. The van der Waals surface area contributed by atoms with E-state index in [-0.39, 0.29) is 17.3 Å². The molecule has 1 rings (SSSR count). The van der Waals surface area contributed by atoms with Crippen LogP contribution in [0, 0.1) is 0 Å². The number of carboxylic acids is 1. The van der Waals surface area contributed by atoms with Crippen LogP contribution in [0.5, 0.6) is 0 Å². The molecule has 0 amide bonds. The Labute approximate surface area is 86.3 Å². The van der Waals surface area contributed by atoms with E-state index in [0.29, 0.717) is 0 Å². The molecule has 0 spiro atoms. The number of aromatic carboxylic acids is 1. The summed E-state index contributed by atoms with van der Waals surface area (Å²) in [6, 6.07) is 0. The van der Waals surface area contributed by atoms with Crippen LogP contribution in [0.25, 0.3) is 0 Å². The van der Waals surface area contributed by atoms with Crippen LogP contribution >= 0.6 is 11.3 Å². The predicted molar refractivity (Wildman–Crippen MR) is 44.8 cm³/mol. The van der Waals surface area contributed by atoms with Crippen molar-refractivity contribution in [2.24, 2.45) is 0 Å². The van der Waals surface area contributed by atoms with Crippen molar-refractivity contribution in [2.75, 3.05) is 6.61 Å². The number of carbonyl (C=O) groups is 1. The molecule has 1 aromatic rings. The van der Waals surface area contributed by atoms with Gasteiger partial charge in [0.2, 0.25) is 5.01 Å². The summed E-state index contributed by atoms with van der Waals surface area (Å²) in [5, 5.41) is 9.66. The maximum absolute atomic E-state index is 11.7. The minimum absolute atomic E-state index is 0.166. The Morgan fingerprint density at radius 1 is 1.60 bits per heavy atom. The Balaban J connectivity index is 2.41. The number of nitrogens with zero attached hydrogens (tertiary/aromatic N) is 1. The first-order valence-corrected chi connectivity index (χ1v) is 4.58. The fourth-order valence-electron chi connectivity index (χ4n) is 0.743. The number of halogens is 3. The van der Waals surface area contributed by atoms with E-state index in [2.05, 4.69) is 9.72 Å². The Morgan fingerprint density at radius 2 is 2.27 bits per heavy atom. The fraction of sp³-hybridized carbons (Fsp3) is 0.429. The Kier molecular flexibility index (Phi) is 3.64. The lowest BCUT2D eigenvalue weighted by molar-refractivity contribution is -0.176. The van der Waals surface area contributed by atoms with Crippen LogP contribution in [0.2, 0.25) is 0 Å². The molecule has 0 radical (unpaired) electrons. The Hall–Kier alpha value is -1.15. The first-order valence-electron chi connectivity index (χ1n) is 3.70. The van der Waals surface area contributed by atoms with Crippen LogP contribution in [0.15, 0.2) is 5.38 Å². The van der Waals surface area contributed by atoms with Crippen molar-refractivity contribution in [1.29, 1.82) is 0 Å². The molecule has 0 saturated heterocycles. The molecule has 15 heavy (non-hydrogen) atoms. The summed E-state index contributed by atoms with van der Waals surface area (Å²) in [6.45, 7) is -1.71. The van der Waals surface area contributed by atoms with Crippen molar-refractivity contribution in [3.05, 3.63) is 16.1 Å². The molecule has 0 bridgehead atoms. The van der Waals surface area contributed by atoms with E-state index in [0.717, 1.165) is 11.3 Å². The van der Waals surface area contributed by atoms with Crippen LogP contribution in [0.4, 0.5) is 13.2 Å². The minimum atomic E-state index is -4.38. The summed E-state index contributed by atoms with van der Waals surface area (Å²) >= 11 is 0.844. The van der Waals surface area contributed by atoms with Gasteiger partial charge in [-0.1, -0.05) is 0 Å². The number of carboxylic acid groups (broad SMARTS) is 1. The molecule has 0 aliphatic rings. The van der Waals surface area contributed by atoms with Gasteiger partial charge in [0.25, 0.3) is 0 Å². The van der Waals surface area contributed by atoms with E-state index in [4.69, 9.17) is 5.11 Å². The Morgan fingerprint density at radius 3 is 2.73 bits per heavy atom. The SMILES string of the molecule is O=C(O)c1nc(COCC(F)(F)F)cs1. The molecule has 1 N–H and O–H groups in total. The van der Waals surface area contributed by atoms with E-state index < -0.39 is 18.8 Å². The summed E-state index contributed by atoms with van der Waals surface area (Å²) in [6.07, 6.45) is -4.38. The van der Waals surface area contributed by atoms with Gasteiger partial charge in [-0.25, -0.2) is 9.78 Å². The summed E-state index contributed by atoms with van der Waals surface area (Å²) in [5.41, 5.74) is 0.182. The molecule has 0 aliphatic carbocycles. The van der Waals surface area contributed by atoms with Crippen molar-refractivity contribution < 1.29 is 27.8 Å². The summed E-state index contributed by atoms with van der Waals surface area (Å²) < 4.78 is 39.3. The van der Waals surface area contributed by atoms with Gasteiger partial charge in [0, 0.05) is 5.38 Å². The Bertz CT molecular complexity index is 349. The molecule has 8 heteroatoms. The number of hydrogen-bond acceptors (Lipinski definition) is 4. The second-order valence-corrected chi connectivity index (χ2v) is 3.42. The average molecular weight is 241 g/mol. The zero-order valence-electron chi connectivity index (χ0n) is 7.24. The number of thiazole rings is 1. The molecular weight excluding hydrogens is 235 g/mol. The molecule has 0 saturated carbocycles. The third kappa shape index (κ3) is 4.26. The number of aromatic nitrogens is 1. The van der Waals surface area contributed by atoms with E-state index in [1.54, 1.807) is 0 Å². The molecule has 0 fully saturated rings. The van der Waals surface area contributed by atoms with Gasteiger partial charge in [-0.2, -0.15) is 13.2 Å². The highest BCUT2D eigenvalue weighted by Crippen LogP contribution is 2.16. The van der Waals surface area contributed by atoms with Crippen molar-refractivity contribution >= 4 is 17.3 Å². The first-order chi connectivity index (χ1) is 6.88. The monoisotopic (exact) mass is 241 g/mol. The van der Waals surface area contributed by atoms with Crippen LogP contribution in [-0.4, -0.2) is 28.8 Å². The summed E-state index contributed by atoms with van der Waals surface area (Å²) in [7, 11) is 0. The number of hydrogen-bond donors (Lipinski definition) is 1. The maximum Gasteiger partial charge on any atom is 0.411 e. The fourth-order valence-corrected chi connectivity index (χ4v) is 1.38. The minimum Gasteiger partial charge on any atom is -0.476 e. The van der Waals surface area contributed by atoms with Crippen LogP contribution in [-0.2, 0) is 11.3 Å². The quantitative estimate of drug-likeness (QED) is 0.874. The summed E-state index contributed by atoms with van der Waals surface area (Å²) in [5.74, 6) is -1.21. The molecular formula is C7H6F3NO3S. The first kappa shape index (κ1) is 11.9. The van der Waals surface area contributed by atoms with Crippen molar-refractivity contribution in [3.8, 4) is 0 Å². The van der Waals surface area contributed by atoms with Crippen molar-refractivity contribution in [1.82, 2.24) is 4.98 Å². The standard InChI is InChI=1S/C7H6F3NO3S/c8-7(9,10)3-14-1-4-2-15-5(11-4)6(12)13/h2H,1,3H2,(H,12,13). The van der Waals surface area contributed by atoms with Gasteiger partial charge in [-0.05, 0) is 0 Å². The van der Waals surface area contributed by atoms with Crippen molar-refractivity contribution in [3.63, 3.8) is 0 Å². The summed E-state index contributed by atoms with van der Waals surface area (Å²) in [4.78, 5) is 13.9. The highest BCUT2D eigenvalue weighted by molar-refractivity contribution is 7.11. The third-order valence-electron chi connectivity index (χ3n) is 1.25. The second-order valence-electron chi connectivity index (χ2n) is 2.56. The van der Waals surface area contributed by atoms with Gasteiger partial charge in [0.15, 0.2) is 0 Å². The van der Waals surface area contributed by atoms with Crippen molar-refractivity contribution in [2.45, 2.75) is 12.8 Å². The molecule has 0 unspecified atom stereocenters. The number of rotatable bonds is 4. The molecule has 4 nitrogen and oxygen atoms in total. The van der Waals surface area contributed by atoms with Gasteiger partial charge in [0.05, 0.1) is 12.3 Å². The molecule has 0 aliphatic heterocycles. The molecule has 84 valence electrons. The van der Waals surface area contributed by atoms with Crippen LogP contribution < -0.4 is 0 Å². The topological polar surface area (TPSA) is 59.4 Å². The molecule has 1 aromatic heterocycles. The van der Waals surface area contributed by atoms with Gasteiger partial charge < -0.3 is 9.84 Å². The lowest BCUT2D eigenvalue weighted by Gasteiger charge is -2.05. The zero-order valence-corrected chi connectivity index (χ0v) is 8.06. The molecule has 0 aromatic carbocycles. The second kappa shape index (κ2) is 4.58. The van der Waals surface area contributed by atoms with Gasteiger partial charge in [-0.15, -0.1) is 11.3 Å². The van der Waals surface area contributed by atoms with Gasteiger partial charge in [-0.3, -0.25) is 0 Å². The molecule has 0 atom stereocenters. The number of ether oxygens (including phenoxy) is 1. The highest BCUT2D eigenvalue weighted by Gasteiger charge is 2.27. The number of alkyl halides is 3. The smallest absolute Gasteiger partial charge is 0.411 e. The van der Waals surface area contributed by atoms with Gasteiger partial charge >= 0.3 is 12.1 Å². The molecule has 1 heterocycles. The predicted octanol–water partition coefficient (Wildman–Crippen LogP) is 1.92. The van der Waals surface area contributed by atoms with E-state index in [1.165, 1.54) is 5.38 Å². The van der Waals surface area contributed by atoms with Crippen LogP contribution in [0.1, 0.15) is 15.5 Å². The van der Waals surface area contributed by atoms with E-state index in [1.807, 2.05) is 0 Å². The van der Waals surface area contributed by atoms with E-state index in [9.17, 15) is 18.0 Å². The van der Waals surface area contributed by atoms with Gasteiger partial charge in [0.1, 0.15) is 6.61 Å². The maximum atomic E-state index is 11.7. The van der Waals surface area contributed by atoms with E-state index >= 15 is 0 Å². The zero-order chi connectivity index (χ0) is 11.5. The lowest BCUT2D eigenvalue weighted by atomic mass is 10.5. The normalized spacial score (nSPS) is 11.7. The third-order valence-corrected chi connectivity index (χ3v) is 2.13. The average Bonchev–Trinajstić information content (AvgIpc) is 2.50. The highest BCUT2D eigenvalue weighted by atomic mass is 32.1.